The van der Waals surface area contributed by atoms with Crippen LogP contribution >= 0.6 is 0 Å². The normalized spacial score (nSPS) is 12.1. The Labute approximate surface area is 115 Å². The molecule has 2 rings (SSSR count). The standard InChI is InChI=1S/C18H20O/c1-15(2)13-18(17-11-7-4-8-12-17)19-14-16-9-5-3-6-10-16/h3-12,18H,1,13-14H2,2H3. The zero-order chi connectivity index (χ0) is 13.5. The van der Waals surface area contributed by atoms with Crippen LogP contribution < -0.4 is 0 Å². The third kappa shape index (κ3) is 4.38. The number of benzene rings is 2. The van der Waals surface area contributed by atoms with Gasteiger partial charge in [0.2, 0.25) is 0 Å². The first-order valence-electron chi connectivity index (χ1n) is 6.60. The van der Waals surface area contributed by atoms with Gasteiger partial charge in [-0.3, -0.25) is 0 Å². The lowest BCUT2D eigenvalue weighted by atomic mass is 10.0. The highest BCUT2D eigenvalue weighted by Crippen LogP contribution is 2.25. The van der Waals surface area contributed by atoms with Crippen molar-refractivity contribution in [1.29, 1.82) is 0 Å². The molecule has 1 atom stereocenters. The van der Waals surface area contributed by atoms with E-state index < -0.39 is 0 Å². The predicted octanol–water partition coefficient (Wildman–Crippen LogP) is 4.91. The predicted molar refractivity (Wildman–Crippen MR) is 79.8 cm³/mol. The van der Waals surface area contributed by atoms with E-state index >= 15 is 0 Å². The zero-order valence-electron chi connectivity index (χ0n) is 11.4. The van der Waals surface area contributed by atoms with Crippen molar-refractivity contribution in [2.75, 3.05) is 0 Å². The minimum absolute atomic E-state index is 0.0823. The van der Waals surface area contributed by atoms with Crippen LogP contribution in [-0.4, -0.2) is 0 Å². The Morgan fingerprint density at radius 2 is 1.58 bits per heavy atom. The second-order valence-electron chi connectivity index (χ2n) is 4.86. The van der Waals surface area contributed by atoms with Gasteiger partial charge in [-0.2, -0.15) is 0 Å². The van der Waals surface area contributed by atoms with Crippen LogP contribution in [0.25, 0.3) is 0 Å². The summed E-state index contributed by atoms with van der Waals surface area (Å²) in [5, 5.41) is 0. The summed E-state index contributed by atoms with van der Waals surface area (Å²) in [6, 6.07) is 20.6. The van der Waals surface area contributed by atoms with Crippen LogP contribution in [0.5, 0.6) is 0 Å². The molecule has 0 aliphatic heterocycles. The maximum Gasteiger partial charge on any atom is 0.0866 e. The fourth-order valence-electron chi connectivity index (χ4n) is 2.03. The van der Waals surface area contributed by atoms with Crippen molar-refractivity contribution in [3.05, 3.63) is 83.9 Å². The van der Waals surface area contributed by atoms with Gasteiger partial charge in [0, 0.05) is 0 Å². The number of ether oxygens (including phenoxy) is 1. The summed E-state index contributed by atoms with van der Waals surface area (Å²) in [7, 11) is 0. The van der Waals surface area contributed by atoms with Crippen molar-refractivity contribution in [1.82, 2.24) is 0 Å². The molecule has 1 unspecified atom stereocenters. The quantitative estimate of drug-likeness (QED) is 0.664. The Morgan fingerprint density at radius 1 is 1.00 bits per heavy atom. The van der Waals surface area contributed by atoms with E-state index in [9.17, 15) is 0 Å². The molecule has 0 spiro atoms. The summed E-state index contributed by atoms with van der Waals surface area (Å²) in [5.74, 6) is 0. The minimum atomic E-state index is 0.0823. The van der Waals surface area contributed by atoms with E-state index in [0.717, 1.165) is 12.0 Å². The largest absolute Gasteiger partial charge is 0.369 e. The van der Waals surface area contributed by atoms with Crippen molar-refractivity contribution in [3.8, 4) is 0 Å². The fraction of sp³-hybridized carbons (Fsp3) is 0.222. The van der Waals surface area contributed by atoms with Crippen LogP contribution in [0.4, 0.5) is 0 Å². The molecule has 19 heavy (non-hydrogen) atoms. The second-order valence-corrected chi connectivity index (χ2v) is 4.86. The summed E-state index contributed by atoms with van der Waals surface area (Å²) >= 11 is 0. The lowest BCUT2D eigenvalue weighted by Gasteiger charge is -2.18. The molecular formula is C18H20O. The number of hydrogen-bond acceptors (Lipinski definition) is 1. The monoisotopic (exact) mass is 252 g/mol. The summed E-state index contributed by atoms with van der Waals surface area (Å²) in [4.78, 5) is 0. The van der Waals surface area contributed by atoms with Crippen LogP contribution in [0.3, 0.4) is 0 Å². The summed E-state index contributed by atoms with van der Waals surface area (Å²) in [6.45, 7) is 6.67. The maximum atomic E-state index is 6.06. The third-order valence-electron chi connectivity index (χ3n) is 3.00. The molecule has 0 fully saturated rings. The van der Waals surface area contributed by atoms with E-state index in [1.54, 1.807) is 0 Å². The molecule has 0 heterocycles. The minimum Gasteiger partial charge on any atom is -0.369 e. The molecule has 2 aromatic rings. The molecule has 98 valence electrons. The van der Waals surface area contributed by atoms with E-state index in [1.807, 2.05) is 43.3 Å². The summed E-state index contributed by atoms with van der Waals surface area (Å²) < 4.78 is 6.06. The highest BCUT2D eigenvalue weighted by atomic mass is 16.5. The molecule has 2 aromatic carbocycles. The van der Waals surface area contributed by atoms with Gasteiger partial charge >= 0.3 is 0 Å². The van der Waals surface area contributed by atoms with Gasteiger partial charge in [0.15, 0.2) is 0 Å². The molecule has 0 amide bonds. The molecule has 0 saturated heterocycles. The Bertz CT molecular complexity index is 502. The van der Waals surface area contributed by atoms with Gasteiger partial charge in [0.1, 0.15) is 0 Å². The average molecular weight is 252 g/mol. The van der Waals surface area contributed by atoms with E-state index in [4.69, 9.17) is 4.74 Å². The molecule has 0 aromatic heterocycles. The van der Waals surface area contributed by atoms with Crippen molar-refractivity contribution in [3.63, 3.8) is 0 Å². The van der Waals surface area contributed by atoms with Crippen molar-refractivity contribution in [2.24, 2.45) is 0 Å². The molecule has 0 saturated carbocycles. The van der Waals surface area contributed by atoms with Crippen molar-refractivity contribution >= 4 is 0 Å². The number of rotatable bonds is 6. The molecule has 1 nitrogen and oxygen atoms in total. The Hall–Kier alpha value is -1.86. The van der Waals surface area contributed by atoms with Gasteiger partial charge in [-0.1, -0.05) is 66.2 Å². The molecular weight excluding hydrogens is 232 g/mol. The van der Waals surface area contributed by atoms with Crippen LogP contribution in [0, 0.1) is 0 Å². The number of hydrogen-bond donors (Lipinski definition) is 0. The van der Waals surface area contributed by atoms with E-state index in [1.165, 1.54) is 11.1 Å². The van der Waals surface area contributed by atoms with Gasteiger partial charge < -0.3 is 4.74 Å². The lowest BCUT2D eigenvalue weighted by Crippen LogP contribution is -2.05. The Morgan fingerprint density at radius 3 is 2.16 bits per heavy atom. The molecule has 0 bridgehead atoms. The lowest BCUT2D eigenvalue weighted by molar-refractivity contribution is 0.0400. The van der Waals surface area contributed by atoms with Crippen LogP contribution in [0.1, 0.15) is 30.6 Å². The van der Waals surface area contributed by atoms with Gasteiger partial charge in [-0.05, 0) is 24.5 Å². The second kappa shape index (κ2) is 6.91. The Balaban J connectivity index is 2.04. The first kappa shape index (κ1) is 13.6. The first-order valence-corrected chi connectivity index (χ1v) is 6.60. The van der Waals surface area contributed by atoms with E-state index in [-0.39, 0.29) is 6.10 Å². The van der Waals surface area contributed by atoms with E-state index in [2.05, 4.69) is 30.8 Å². The van der Waals surface area contributed by atoms with Crippen LogP contribution in [0.15, 0.2) is 72.8 Å². The average Bonchev–Trinajstić information content (AvgIpc) is 2.45. The zero-order valence-corrected chi connectivity index (χ0v) is 11.4. The van der Waals surface area contributed by atoms with Gasteiger partial charge in [0.25, 0.3) is 0 Å². The summed E-state index contributed by atoms with van der Waals surface area (Å²) in [5.41, 5.74) is 3.55. The molecule has 0 aliphatic carbocycles. The van der Waals surface area contributed by atoms with Crippen molar-refractivity contribution < 1.29 is 4.74 Å². The highest BCUT2D eigenvalue weighted by Gasteiger charge is 2.12. The fourth-order valence-corrected chi connectivity index (χ4v) is 2.03. The summed E-state index contributed by atoms with van der Waals surface area (Å²) in [6.07, 6.45) is 0.940. The Kier molecular flexibility index (Phi) is 4.93. The smallest absolute Gasteiger partial charge is 0.0866 e. The van der Waals surface area contributed by atoms with Gasteiger partial charge in [0.05, 0.1) is 12.7 Å². The molecule has 1 heteroatoms. The van der Waals surface area contributed by atoms with Gasteiger partial charge in [-0.15, -0.1) is 6.58 Å². The maximum absolute atomic E-state index is 6.06. The molecule has 0 aliphatic rings. The molecule has 0 radical (unpaired) electrons. The van der Waals surface area contributed by atoms with Crippen LogP contribution in [0.2, 0.25) is 0 Å². The van der Waals surface area contributed by atoms with E-state index in [0.29, 0.717) is 6.61 Å². The van der Waals surface area contributed by atoms with Crippen molar-refractivity contribution in [2.45, 2.75) is 26.1 Å². The molecule has 0 N–H and O–H groups in total. The highest BCUT2D eigenvalue weighted by molar-refractivity contribution is 5.20. The first-order chi connectivity index (χ1) is 9.25. The van der Waals surface area contributed by atoms with Gasteiger partial charge in [-0.25, -0.2) is 0 Å². The van der Waals surface area contributed by atoms with Crippen LogP contribution in [-0.2, 0) is 11.3 Å². The third-order valence-corrected chi connectivity index (χ3v) is 3.00. The SMILES string of the molecule is C=C(C)CC(OCc1ccccc1)c1ccccc1. The topological polar surface area (TPSA) is 9.23 Å².